The van der Waals surface area contributed by atoms with Crippen LogP contribution in [-0.4, -0.2) is 48.1 Å². The summed E-state index contributed by atoms with van der Waals surface area (Å²) in [6, 6.07) is 0. The summed E-state index contributed by atoms with van der Waals surface area (Å²) in [7, 11) is 0. The highest BCUT2D eigenvalue weighted by molar-refractivity contribution is 5.68. The van der Waals surface area contributed by atoms with Crippen LogP contribution in [-0.2, 0) is 9.47 Å². The first-order valence-electron chi connectivity index (χ1n) is 8.05. The molecule has 1 aliphatic carbocycles. The molecule has 120 valence electrons. The summed E-state index contributed by atoms with van der Waals surface area (Å²) in [5, 5.41) is 0. The van der Waals surface area contributed by atoms with Gasteiger partial charge in [-0.15, -0.1) is 0 Å². The Labute approximate surface area is 126 Å². The van der Waals surface area contributed by atoms with Crippen molar-refractivity contribution in [3.05, 3.63) is 0 Å². The highest BCUT2D eigenvalue weighted by Crippen LogP contribution is 2.49. The van der Waals surface area contributed by atoms with Gasteiger partial charge in [0.2, 0.25) is 0 Å². The molecule has 0 unspecified atom stereocenters. The zero-order chi connectivity index (χ0) is 15.3. The van der Waals surface area contributed by atoms with Crippen LogP contribution in [0.1, 0.15) is 46.5 Å². The number of carbonyl (C=O) groups excluding carboxylic acids is 1. The molecule has 2 heterocycles. The van der Waals surface area contributed by atoms with E-state index >= 15 is 0 Å². The van der Waals surface area contributed by atoms with E-state index in [1.807, 2.05) is 20.8 Å². The highest BCUT2D eigenvalue weighted by Gasteiger charge is 2.51. The van der Waals surface area contributed by atoms with Crippen molar-refractivity contribution in [2.45, 2.75) is 63.8 Å². The van der Waals surface area contributed by atoms with E-state index in [2.05, 4.69) is 0 Å². The maximum Gasteiger partial charge on any atom is 0.410 e. The van der Waals surface area contributed by atoms with Gasteiger partial charge in [-0.05, 0) is 58.3 Å². The average molecular weight is 299 g/mol. The number of carbonyl (C=O) groups is 1. The second-order valence-electron chi connectivity index (χ2n) is 7.81. The predicted octanol–water partition coefficient (Wildman–Crippen LogP) is 3.15. The van der Waals surface area contributed by atoms with Gasteiger partial charge in [-0.2, -0.15) is 0 Å². The van der Waals surface area contributed by atoms with E-state index in [0.717, 1.165) is 18.8 Å². The normalized spacial score (nSPS) is 39.6. The first kappa shape index (κ1) is 15.1. The number of halogens is 1. The van der Waals surface area contributed by atoms with Crippen LogP contribution >= 0.6 is 0 Å². The van der Waals surface area contributed by atoms with Gasteiger partial charge in [-0.25, -0.2) is 9.18 Å². The number of amides is 1. The van der Waals surface area contributed by atoms with Crippen LogP contribution in [0.15, 0.2) is 0 Å². The molecular weight excluding hydrogens is 273 g/mol. The third-order valence-electron chi connectivity index (χ3n) is 5.00. The summed E-state index contributed by atoms with van der Waals surface area (Å²) in [5.74, 6) is 1.40. The van der Waals surface area contributed by atoms with Crippen LogP contribution in [0.3, 0.4) is 0 Å². The molecule has 4 atom stereocenters. The Morgan fingerprint density at radius 1 is 1.33 bits per heavy atom. The van der Waals surface area contributed by atoms with Gasteiger partial charge in [0.15, 0.2) is 0 Å². The Bertz CT molecular complexity index is 408. The largest absolute Gasteiger partial charge is 0.444 e. The number of fused-ring (bicyclic) bond motifs is 1. The molecule has 0 radical (unpaired) electrons. The van der Waals surface area contributed by atoms with Crippen molar-refractivity contribution in [1.29, 1.82) is 0 Å². The van der Waals surface area contributed by atoms with Crippen molar-refractivity contribution in [2.75, 3.05) is 19.7 Å². The monoisotopic (exact) mass is 299 g/mol. The quantitative estimate of drug-likeness (QED) is 0.690. The van der Waals surface area contributed by atoms with Gasteiger partial charge in [0.05, 0.1) is 13.2 Å². The molecule has 0 N–H and O–H groups in total. The Kier molecular flexibility index (Phi) is 3.67. The summed E-state index contributed by atoms with van der Waals surface area (Å²) in [5.41, 5.74) is -1.20. The first-order chi connectivity index (χ1) is 9.79. The minimum atomic E-state index is -1.11. The lowest BCUT2D eigenvalue weighted by Gasteiger charge is -2.43. The number of rotatable bonds is 0. The fraction of sp³-hybridized carbons (Fsp3) is 0.938. The fourth-order valence-electron chi connectivity index (χ4n) is 3.51. The molecule has 2 saturated heterocycles. The van der Waals surface area contributed by atoms with Crippen molar-refractivity contribution in [1.82, 2.24) is 4.90 Å². The van der Waals surface area contributed by atoms with E-state index in [9.17, 15) is 9.18 Å². The smallest absolute Gasteiger partial charge is 0.410 e. The summed E-state index contributed by atoms with van der Waals surface area (Å²) in [6.07, 6.45) is 2.14. The van der Waals surface area contributed by atoms with E-state index in [4.69, 9.17) is 9.47 Å². The molecule has 0 aromatic heterocycles. The van der Waals surface area contributed by atoms with Crippen molar-refractivity contribution in [3.63, 3.8) is 0 Å². The molecule has 0 bridgehead atoms. The Balaban J connectivity index is 1.60. The number of hydrogen-bond acceptors (Lipinski definition) is 3. The molecule has 0 aromatic rings. The second-order valence-corrected chi connectivity index (χ2v) is 7.81. The zero-order valence-electron chi connectivity index (χ0n) is 13.2. The van der Waals surface area contributed by atoms with E-state index in [1.165, 1.54) is 11.3 Å². The molecule has 3 fully saturated rings. The first-order valence-corrected chi connectivity index (χ1v) is 8.05. The molecule has 1 amide bonds. The topological polar surface area (TPSA) is 38.8 Å². The van der Waals surface area contributed by atoms with Crippen molar-refractivity contribution >= 4 is 6.09 Å². The Morgan fingerprint density at radius 3 is 2.76 bits per heavy atom. The van der Waals surface area contributed by atoms with Crippen LogP contribution < -0.4 is 0 Å². The number of piperidine rings is 1. The summed E-state index contributed by atoms with van der Waals surface area (Å²) in [6.45, 7) is 6.77. The number of likely N-dealkylation sites (tertiary alicyclic amines) is 1. The molecule has 0 aromatic carbocycles. The molecule has 1 saturated carbocycles. The van der Waals surface area contributed by atoms with Crippen molar-refractivity contribution in [2.24, 2.45) is 11.8 Å². The molecule has 2 aliphatic heterocycles. The molecule has 1 spiro atoms. The maximum atomic E-state index is 14.7. The van der Waals surface area contributed by atoms with Gasteiger partial charge >= 0.3 is 6.09 Å². The predicted molar refractivity (Wildman–Crippen MR) is 76.8 cm³/mol. The number of ether oxygens (including phenoxy) is 2. The van der Waals surface area contributed by atoms with Crippen molar-refractivity contribution in [3.8, 4) is 0 Å². The van der Waals surface area contributed by atoms with Gasteiger partial charge in [-0.1, -0.05) is 0 Å². The lowest BCUT2D eigenvalue weighted by atomic mass is 9.84. The summed E-state index contributed by atoms with van der Waals surface area (Å²) >= 11 is 0. The molecular formula is C16H26FNO3. The number of alkyl halides is 1. The molecule has 5 heteroatoms. The van der Waals surface area contributed by atoms with Gasteiger partial charge in [0.1, 0.15) is 17.4 Å². The Hall–Kier alpha value is -0.840. The standard InChI is InChI=1S/C16H26FNO3/c1-15(2,3)21-14(19)18-7-6-16(13(17)9-18)5-4-11-8-12(11)10-20-16/h11-13H,4-10H2,1-3H3/t11-,12+,13+,16-/m1/s1. The van der Waals surface area contributed by atoms with Crippen LogP contribution in [0.25, 0.3) is 0 Å². The van der Waals surface area contributed by atoms with Crippen molar-refractivity contribution < 1.29 is 18.7 Å². The maximum absolute atomic E-state index is 14.7. The van der Waals surface area contributed by atoms with Crippen LogP contribution in [0.5, 0.6) is 0 Å². The van der Waals surface area contributed by atoms with Crippen LogP contribution in [0.2, 0.25) is 0 Å². The minimum Gasteiger partial charge on any atom is -0.444 e. The highest BCUT2D eigenvalue weighted by atomic mass is 19.1. The third kappa shape index (κ3) is 3.17. The zero-order valence-corrected chi connectivity index (χ0v) is 13.2. The molecule has 3 rings (SSSR count). The van der Waals surface area contributed by atoms with Gasteiger partial charge < -0.3 is 14.4 Å². The lowest BCUT2D eigenvalue weighted by molar-refractivity contribution is -0.132. The third-order valence-corrected chi connectivity index (χ3v) is 5.00. The van der Waals surface area contributed by atoms with Gasteiger partial charge in [-0.3, -0.25) is 0 Å². The summed E-state index contributed by atoms with van der Waals surface area (Å²) in [4.78, 5) is 13.5. The number of hydrogen-bond donors (Lipinski definition) is 0. The molecule has 3 aliphatic rings. The van der Waals surface area contributed by atoms with E-state index in [0.29, 0.717) is 25.5 Å². The van der Waals surface area contributed by atoms with E-state index in [-0.39, 0.29) is 6.54 Å². The van der Waals surface area contributed by atoms with E-state index < -0.39 is 23.5 Å². The molecule has 4 nitrogen and oxygen atoms in total. The van der Waals surface area contributed by atoms with E-state index in [1.54, 1.807) is 0 Å². The minimum absolute atomic E-state index is 0.0875. The molecule has 21 heavy (non-hydrogen) atoms. The van der Waals surface area contributed by atoms with Crippen LogP contribution in [0, 0.1) is 11.8 Å². The van der Waals surface area contributed by atoms with Gasteiger partial charge in [0, 0.05) is 6.54 Å². The SMILES string of the molecule is CC(C)(C)OC(=O)N1CC[C@]2(CC[C@@H]3C[C@H]3CO2)[C@@H](F)C1. The number of nitrogens with zero attached hydrogens (tertiary/aromatic N) is 1. The fourth-order valence-corrected chi connectivity index (χ4v) is 3.51. The van der Waals surface area contributed by atoms with Crippen LogP contribution in [0.4, 0.5) is 9.18 Å². The summed E-state index contributed by atoms with van der Waals surface area (Å²) < 4.78 is 26.0. The Morgan fingerprint density at radius 2 is 2.10 bits per heavy atom. The second kappa shape index (κ2) is 5.11. The van der Waals surface area contributed by atoms with Gasteiger partial charge in [0.25, 0.3) is 0 Å². The lowest BCUT2D eigenvalue weighted by Crippen LogP contribution is -2.56. The average Bonchev–Trinajstić information content (AvgIpc) is 3.12.